The summed E-state index contributed by atoms with van der Waals surface area (Å²) in [6, 6.07) is 19.2. The van der Waals surface area contributed by atoms with Gasteiger partial charge in [-0.05, 0) is 85.8 Å². The number of likely N-dealkylation sites (tertiary alicyclic amines) is 1. The molecule has 3 aromatic carbocycles. The second-order valence-corrected chi connectivity index (χ2v) is 9.23. The number of ketones is 1. The van der Waals surface area contributed by atoms with Crippen LogP contribution in [0.3, 0.4) is 0 Å². The number of rotatable bonds is 5. The first-order valence-electron chi connectivity index (χ1n) is 10.5. The van der Waals surface area contributed by atoms with Crippen LogP contribution in [0.25, 0.3) is 20.5 Å². The summed E-state index contributed by atoms with van der Waals surface area (Å²) in [6.45, 7) is 1.94. The number of thiophene rings is 1. The number of aromatic hydroxyl groups is 2. The highest BCUT2D eigenvalue weighted by atomic mass is 32.1. The quantitative estimate of drug-likeness (QED) is 0.408. The molecule has 32 heavy (non-hydrogen) atoms. The van der Waals surface area contributed by atoms with Crippen molar-refractivity contribution in [1.29, 1.82) is 0 Å². The minimum atomic E-state index is -0.0860. The summed E-state index contributed by atoms with van der Waals surface area (Å²) < 4.78 is 6.89. The standard InChI is InChI=1S/C26H23NO4S/c1-27-13-12-21(15-27)31-20-9-4-16(5-10-20)25(30)24-22-11-8-19(29)14-23(22)32-26(24)17-2-6-18(28)7-3-17/h2-11,14,21,28-29H,12-13,15H2,1H3/t21-/m1/s1. The van der Waals surface area contributed by atoms with Crippen LogP contribution in [0.5, 0.6) is 17.2 Å². The topological polar surface area (TPSA) is 70.0 Å². The van der Waals surface area contributed by atoms with Crippen molar-refractivity contribution in [2.24, 2.45) is 0 Å². The fourth-order valence-corrected chi connectivity index (χ4v) is 5.38. The third-order valence-electron chi connectivity index (χ3n) is 5.80. The first kappa shape index (κ1) is 20.5. The number of carbonyl (C=O) groups is 1. The normalized spacial score (nSPS) is 16.5. The van der Waals surface area contributed by atoms with E-state index in [1.807, 2.05) is 12.1 Å². The maximum atomic E-state index is 13.6. The summed E-state index contributed by atoms with van der Waals surface area (Å²) in [5.74, 6) is 1.01. The Morgan fingerprint density at radius 1 is 1.00 bits per heavy atom. The third kappa shape index (κ3) is 3.95. The molecule has 0 bridgehead atoms. The lowest BCUT2D eigenvalue weighted by molar-refractivity contribution is 0.104. The average Bonchev–Trinajstić information content (AvgIpc) is 3.37. The van der Waals surface area contributed by atoms with Crippen molar-refractivity contribution in [2.75, 3.05) is 20.1 Å². The zero-order valence-electron chi connectivity index (χ0n) is 17.6. The molecule has 0 spiro atoms. The molecule has 1 aliphatic heterocycles. The Bertz CT molecular complexity index is 1280. The molecule has 4 aromatic rings. The van der Waals surface area contributed by atoms with Crippen molar-refractivity contribution >= 4 is 27.2 Å². The number of nitrogens with zero attached hydrogens (tertiary/aromatic N) is 1. The number of ether oxygens (including phenoxy) is 1. The fraction of sp³-hybridized carbons (Fsp3) is 0.192. The first-order valence-corrected chi connectivity index (χ1v) is 11.3. The second kappa shape index (κ2) is 8.30. The largest absolute Gasteiger partial charge is 0.508 e. The highest BCUT2D eigenvalue weighted by molar-refractivity contribution is 7.22. The van der Waals surface area contributed by atoms with E-state index in [4.69, 9.17) is 4.74 Å². The number of fused-ring (bicyclic) bond motifs is 1. The van der Waals surface area contributed by atoms with E-state index in [0.29, 0.717) is 11.1 Å². The van der Waals surface area contributed by atoms with Gasteiger partial charge in [0.2, 0.25) is 0 Å². The summed E-state index contributed by atoms with van der Waals surface area (Å²) in [7, 11) is 2.09. The molecule has 5 rings (SSSR count). The lowest BCUT2D eigenvalue weighted by Gasteiger charge is -2.14. The Kier molecular flexibility index (Phi) is 5.33. The molecule has 0 saturated carbocycles. The van der Waals surface area contributed by atoms with E-state index in [0.717, 1.165) is 45.8 Å². The molecule has 1 fully saturated rings. The monoisotopic (exact) mass is 445 g/mol. The van der Waals surface area contributed by atoms with Gasteiger partial charge >= 0.3 is 0 Å². The van der Waals surface area contributed by atoms with Gasteiger partial charge in [0.15, 0.2) is 5.78 Å². The van der Waals surface area contributed by atoms with Crippen molar-refractivity contribution in [3.05, 3.63) is 77.9 Å². The van der Waals surface area contributed by atoms with Crippen LogP contribution in [-0.4, -0.2) is 47.1 Å². The van der Waals surface area contributed by atoms with Crippen molar-refractivity contribution in [2.45, 2.75) is 12.5 Å². The average molecular weight is 446 g/mol. The van der Waals surface area contributed by atoms with Crippen molar-refractivity contribution in [1.82, 2.24) is 4.90 Å². The van der Waals surface area contributed by atoms with Crippen LogP contribution in [0.15, 0.2) is 66.7 Å². The van der Waals surface area contributed by atoms with Crippen LogP contribution in [0.4, 0.5) is 0 Å². The van der Waals surface area contributed by atoms with Gasteiger partial charge in [-0.1, -0.05) is 0 Å². The van der Waals surface area contributed by atoms with Crippen LogP contribution in [0.2, 0.25) is 0 Å². The highest BCUT2D eigenvalue weighted by Crippen LogP contribution is 2.41. The molecule has 1 atom stereocenters. The van der Waals surface area contributed by atoms with Gasteiger partial charge < -0.3 is 19.8 Å². The Labute approximate surface area is 190 Å². The second-order valence-electron chi connectivity index (χ2n) is 8.18. The van der Waals surface area contributed by atoms with E-state index in [1.165, 1.54) is 11.3 Å². The number of carbonyl (C=O) groups excluding carboxylic acids is 1. The molecule has 6 heteroatoms. The predicted molar refractivity (Wildman–Crippen MR) is 127 cm³/mol. The molecule has 0 radical (unpaired) electrons. The van der Waals surface area contributed by atoms with Gasteiger partial charge in [-0.2, -0.15) is 0 Å². The summed E-state index contributed by atoms with van der Waals surface area (Å²) in [4.78, 5) is 16.7. The number of benzene rings is 3. The lowest BCUT2D eigenvalue weighted by atomic mass is 9.97. The van der Waals surface area contributed by atoms with Crippen molar-refractivity contribution in [3.63, 3.8) is 0 Å². The number of likely N-dealkylation sites (N-methyl/N-ethyl adjacent to an activating group) is 1. The van der Waals surface area contributed by atoms with E-state index in [1.54, 1.807) is 54.6 Å². The molecule has 2 heterocycles. The van der Waals surface area contributed by atoms with Gasteiger partial charge in [-0.15, -0.1) is 11.3 Å². The Morgan fingerprint density at radius 2 is 1.72 bits per heavy atom. The van der Waals surface area contributed by atoms with Gasteiger partial charge in [0, 0.05) is 39.2 Å². The van der Waals surface area contributed by atoms with Gasteiger partial charge in [-0.3, -0.25) is 4.79 Å². The molecule has 0 aliphatic carbocycles. The zero-order chi connectivity index (χ0) is 22.2. The molecule has 0 amide bonds. The van der Waals surface area contributed by atoms with Crippen molar-refractivity contribution < 1.29 is 19.7 Å². The van der Waals surface area contributed by atoms with E-state index in [-0.39, 0.29) is 23.4 Å². The molecule has 1 aromatic heterocycles. The number of phenols is 2. The minimum absolute atomic E-state index is 0.0860. The number of phenolic OH excluding ortho intramolecular Hbond substituents is 2. The molecule has 1 aliphatic rings. The maximum Gasteiger partial charge on any atom is 0.195 e. The Hall–Kier alpha value is -3.35. The minimum Gasteiger partial charge on any atom is -0.508 e. The predicted octanol–water partition coefficient (Wildman–Crippen LogP) is 5.29. The summed E-state index contributed by atoms with van der Waals surface area (Å²) in [5.41, 5.74) is 2.02. The Morgan fingerprint density at radius 3 is 2.41 bits per heavy atom. The van der Waals surface area contributed by atoms with Gasteiger partial charge in [0.25, 0.3) is 0 Å². The van der Waals surface area contributed by atoms with Gasteiger partial charge in [0.05, 0.1) is 0 Å². The molecular formula is C26H23NO4S. The van der Waals surface area contributed by atoms with Crippen LogP contribution < -0.4 is 4.74 Å². The Balaban J connectivity index is 1.51. The van der Waals surface area contributed by atoms with Crippen molar-refractivity contribution in [3.8, 4) is 27.7 Å². The molecule has 0 unspecified atom stereocenters. The van der Waals surface area contributed by atoms with Gasteiger partial charge in [-0.25, -0.2) is 0 Å². The highest BCUT2D eigenvalue weighted by Gasteiger charge is 2.23. The van der Waals surface area contributed by atoms with E-state index in [9.17, 15) is 15.0 Å². The van der Waals surface area contributed by atoms with Gasteiger partial charge in [0.1, 0.15) is 23.4 Å². The van der Waals surface area contributed by atoms with Crippen LogP contribution in [0, 0.1) is 0 Å². The van der Waals surface area contributed by atoms with E-state index < -0.39 is 0 Å². The number of hydrogen-bond acceptors (Lipinski definition) is 6. The summed E-state index contributed by atoms with van der Waals surface area (Å²) in [5, 5.41) is 20.4. The molecule has 2 N–H and O–H groups in total. The van der Waals surface area contributed by atoms with Crippen LogP contribution in [-0.2, 0) is 0 Å². The lowest BCUT2D eigenvalue weighted by Crippen LogP contribution is -2.21. The molecular weight excluding hydrogens is 422 g/mol. The van der Waals surface area contributed by atoms with Crippen LogP contribution >= 0.6 is 11.3 Å². The molecule has 162 valence electrons. The summed E-state index contributed by atoms with van der Waals surface area (Å²) >= 11 is 1.45. The molecule has 5 nitrogen and oxygen atoms in total. The fourth-order valence-electron chi connectivity index (χ4n) is 4.14. The summed E-state index contributed by atoms with van der Waals surface area (Å²) in [6.07, 6.45) is 1.18. The molecule has 1 saturated heterocycles. The maximum absolute atomic E-state index is 13.6. The van der Waals surface area contributed by atoms with E-state index >= 15 is 0 Å². The van der Waals surface area contributed by atoms with E-state index in [2.05, 4.69) is 11.9 Å². The smallest absolute Gasteiger partial charge is 0.195 e. The van der Waals surface area contributed by atoms with Crippen LogP contribution in [0.1, 0.15) is 22.3 Å². The first-order chi connectivity index (χ1) is 15.5. The zero-order valence-corrected chi connectivity index (χ0v) is 18.4. The SMILES string of the molecule is CN1CC[C@@H](Oc2ccc(C(=O)c3c(-c4ccc(O)cc4)sc4cc(O)ccc34)cc2)C1. The number of hydrogen-bond donors (Lipinski definition) is 2. The third-order valence-corrected chi connectivity index (χ3v) is 7.00.